The van der Waals surface area contributed by atoms with Gasteiger partial charge in [-0.2, -0.15) is 0 Å². The van der Waals surface area contributed by atoms with Crippen LogP contribution in [-0.4, -0.2) is 16.0 Å². The average molecular weight is 367 g/mol. The number of hydrogen-bond acceptors (Lipinski definition) is 2. The number of H-pyrrole nitrogens is 1. The minimum Gasteiger partial charge on any atom is -0.295 e. The van der Waals surface area contributed by atoms with E-state index in [-0.39, 0.29) is 11.6 Å². The molecule has 0 saturated heterocycles. The average Bonchev–Trinajstić information content (AvgIpc) is 3.05. The molecule has 1 atom stereocenters. The van der Waals surface area contributed by atoms with E-state index in [4.69, 9.17) is 4.99 Å². The molecule has 1 aromatic heterocycles. The highest BCUT2D eigenvalue weighted by atomic mass is 16.1. The Bertz CT molecular complexity index is 1130. The molecule has 3 aromatic carbocycles. The molecule has 0 aliphatic heterocycles. The van der Waals surface area contributed by atoms with Crippen molar-refractivity contribution in [2.75, 3.05) is 0 Å². The molecular weight excluding hydrogens is 346 g/mol. The van der Waals surface area contributed by atoms with Crippen LogP contribution in [0.1, 0.15) is 28.4 Å². The molecule has 0 radical (unpaired) electrons. The van der Waals surface area contributed by atoms with Crippen molar-refractivity contribution in [3.8, 4) is 5.69 Å². The van der Waals surface area contributed by atoms with Crippen molar-refractivity contribution in [3.05, 3.63) is 124 Å². The zero-order valence-corrected chi connectivity index (χ0v) is 15.6. The molecule has 1 N–H and O–H groups in total. The quantitative estimate of drug-likeness (QED) is 0.512. The summed E-state index contributed by atoms with van der Waals surface area (Å²) >= 11 is 0. The van der Waals surface area contributed by atoms with Gasteiger partial charge in [0, 0.05) is 11.9 Å². The van der Waals surface area contributed by atoms with Crippen molar-refractivity contribution in [3.63, 3.8) is 0 Å². The van der Waals surface area contributed by atoms with Crippen LogP contribution in [-0.2, 0) is 0 Å². The highest BCUT2D eigenvalue weighted by Gasteiger charge is 2.22. The van der Waals surface area contributed by atoms with Crippen molar-refractivity contribution < 1.29 is 0 Å². The molecule has 4 nitrogen and oxygen atoms in total. The Hall–Kier alpha value is -3.66. The largest absolute Gasteiger partial charge is 0.295 e. The first kappa shape index (κ1) is 17.7. The lowest BCUT2D eigenvalue weighted by Gasteiger charge is -2.11. The normalized spacial score (nSPS) is 12.3. The van der Waals surface area contributed by atoms with Crippen LogP contribution in [0.5, 0.6) is 0 Å². The molecule has 0 amide bonds. The number of aryl methyl sites for hydroxylation is 1. The number of aromatic amines is 1. The maximum Gasteiger partial charge on any atom is 0.277 e. The summed E-state index contributed by atoms with van der Waals surface area (Å²) in [6.45, 7) is 1.92. The number of aromatic nitrogens is 2. The van der Waals surface area contributed by atoms with Gasteiger partial charge in [-0.15, -0.1) is 0 Å². The van der Waals surface area contributed by atoms with Crippen molar-refractivity contribution in [2.45, 2.75) is 13.0 Å². The molecule has 0 bridgehead atoms. The molecule has 28 heavy (non-hydrogen) atoms. The fourth-order valence-corrected chi connectivity index (χ4v) is 3.30. The topological polar surface area (TPSA) is 50.1 Å². The van der Waals surface area contributed by atoms with Gasteiger partial charge >= 0.3 is 0 Å². The lowest BCUT2D eigenvalue weighted by Crippen LogP contribution is -2.19. The molecular formula is C24H21N3O. The summed E-state index contributed by atoms with van der Waals surface area (Å²) in [5, 5.41) is 3.21. The van der Waals surface area contributed by atoms with Gasteiger partial charge in [-0.1, -0.05) is 78.9 Å². The van der Waals surface area contributed by atoms with Gasteiger partial charge < -0.3 is 0 Å². The minimum atomic E-state index is -0.380. The Morgan fingerprint density at radius 3 is 2.07 bits per heavy atom. The molecule has 4 heteroatoms. The summed E-state index contributed by atoms with van der Waals surface area (Å²) in [4.78, 5) is 18.1. The summed E-state index contributed by atoms with van der Waals surface area (Å²) in [7, 11) is 0. The highest BCUT2D eigenvalue weighted by molar-refractivity contribution is 5.79. The molecule has 0 fully saturated rings. The van der Waals surface area contributed by atoms with Gasteiger partial charge in [0.25, 0.3) is 5.56 Å². The number of hydrogen-bond donors (Lipinski definition) is 1. The number of aliphatic imine (C=N–C) groups is 1. The second-order valence-corrected chi connectivity index (χ2v) is 6.63. The Balaban J connectivity index is 1.83. The molecule has 1 unspecified atom stereocenters. The lowest BCUT2D eigenvalue weighted by molar-refractivity contribution is 0.828. The van der Waals surface area contributed by atoms with E-state index in [0.29, 0.717) is 5.56 Å². The first-order valence-electron chi connectivity index (χ1n) is 9.24. The van der Waals surface area contributed by atoms with Crippen LogP contribution in [0.2, 0.25) is 0 Å². The number of nitrogens with one attached hydrogen (secondary N) is 1. The lowest BCUT2D eigenvalue weighted by atomic mass is 9.99. The fourth-order valence-electron chi connectivity index (χ4n) is 3.30. The summed E-state index contributed by atoms with van der Waals surface area (Å²) in [5.74, 6) is 0. The van der Waals surface area contributed by atoms with Crippen LogP contribution in [0.4, 0.5) is 0 Å². The zero-order valence-electron chi connectivity index (χ0n) is 15.6. The van der Waals surface area contributed by atoms with E-state index in [2.05, 4.69) is 5.10 Å². The SMILES string of the molecule is Cc1[nH]n(-c2ccccc2)c(=O)c1C(N=Cc1ccccc1)c1ccccc1. The fraction of sp³-hybridized carbons (Fsp3) is 0.0833. The van der Waals surface area contributed by atoms with Crippen molar-refractivity contribution in [1.29, 1.82) is 0 Å². The maximum absolute atomic E-state index is 13.3. The van der Waals surface area contributed by atoms with Gasteiger partial charge in [-0.3, -0.25) is 14.9 Å². The maximum atomic E-state index is 13.3. The monoisotopic (exact) mass is 367 g/mol. The van der Waals surface area contributed by atoms with E-state index in [0.717, 1.165) is 22.5 Å². The predicted molar refractivity (Wildman–Crippen MR) is 113 cm³/mol. The van der Waals surface area contributed by atoms with E-state index in [1.807, 2.05) is 104 Å². The summed E-state index contributed by atoms with van der Waals surface area (Å²) in [6, 6.07) is 29.0. The van der Waals surface area contributed by atoms with Gasteiger partial charge in [-0.05, 0) is 30.2 Å². The molecule has 0 aliphatic carbocycles. The number of benzene rings is 3. The number of rotatable bonds is 5. The van der Waals surface area contributed by atoms with Crippen LogP contribution in [0.25, 0.3) is 5.69 Å². The third-order valence-electron chi connectivity index (χ3n) is 4.69. The van der Waals surface area contributed by atoms with E-state index < -0.39 is 0 Å². The number of para-hydroxylation sites is 1. The van der Waals surface area contributed by atoms with Crippen molar-refractivity contribution in [1.82, 2.24) is 9.78 Å². The van der Waals surface area contributed by atoms with Crippen molar-refractivity contribution >= 4 is 6.21 Å². The standard InChI is InChI=1S/C24H21N3O/c1-18-22(24(28)27(26-18)21-15-9-4-10-16-21)23(20-13-7-3-8-14-20)25-17-19-11-5-2-6-12-19/h2-17,23,26H,1H3. The van der Waals surface area contributed by atoms with E-state index in [9.17, 15) is 4.79 Å². The van der Waals surface area contributed by atoms with Gasteiger partial charge in [0.05, 0.1) is 11.3 Å². The van der Waals surface area contributed by atoms with Crippen LogP contribution in [0.15, 0.2) is 101 Å². The van der Waals surface area contributed by atoms with Crippen LogP contribution < -0.4 is 5.56 Å². The van der Waals surface area contributed by atoms with Gasteiger partial charge in [0.1, 0.15) is 6.04 Å². The summed E-state index contributed by atoms with van der Waals surface area (Å²) < 4.78 is 1.58. The van der Waals surface area contributed by atoms with Crippen molar-refractivity contribution in [2.24, 2.45) is 4.99 Å². The second kappa shape index (κ2) is 7.92. The van der Waals surface area contributed by atoms with E-state index in [1.165, 1.54) is 0 Å². The number of nitrogens with zero attached hydrogens (tertiary/aromatic N) is 2. The summed E-state index contributed by atoms with van der Waals surface area (Å²) in [6.07, 6.45) is 1.83. The molecule has 1 heterocycles. The second-order valence-electron chi connectivity index (χ2n) is 6.63. The van der Waals surface area contributed by atoms with Gasteiger partial charge in [0.15, 0.2) is 0 Å². The smallest absolute Gasteiger partial charge is 0.277 e. The van der Waals surface area contributed by atoms with Crippen LogP contribution in [0.3, 0.4) is 0 Å². The summed E-state index contributed by atoms with van der Waals surface area (Å²) in [5.41, 5.74) is 4.17. The first-order valence-corrected chi connectivity index (χ1v) is 9.24. The Kier molecular flexibility index (Phi) is 5.02. The first-order chi connectivity index (χ1) is 13.7. The molecule has 138 valence electrons. The molecule has 4 aromatic rings. The Morgan fingerprint density at radius 2 is 1.43 bits per heavy atom. The van der Waals surface area contributed by atoms with Crippen LogP contribution >= 0.6 is 0 Å². The third kappa shape index (κ3) is 3.58. The zero-order chi connectivity index (χ0) is 19.3. The molecule has 0 spiro atoms. The Labute approximate surface area is 163 Å². The van der Waals surface area contributed by atoms with Gasteiger partial charge in [-0.25, -0.2) is 4.68 Å². The van der Waals surface area contributed by atoms with Gasteiger partial charge in [0.2, 0.25) is 0 Å². The highest BCUT2D eigenvalue weighted by Crippen LogP contribution is 2.26. The van der Waals surface area contributed by atoms with Crippen LogP contribution in [0, 0.1) is 6.92 Å². The third-order valence-corrected chi connectivity index (χ3v) is 4.69. The Morgan fingerprint density at radius 1 is 0.857 bits per heavy atom. The molecule has 4 rings (SSSR count). The van der Waals surface area contributed by atoms with E-state index in [1.54, 1.807) is 4.68 Å². The predicted octanol–water partition coefficient (Wildman–Crippen LogP) is 4.68. The minimum absolute atomic E-state index is 0.0808. The molecule has 0 saturated carbocycles. The molecule has 0 aliphatic rings. The van der Waals surface area contributed by atoms with E-state index >= 15 is 0 Å².